The zero-order valence-electron chi connectivity index (χ0n) is 20.3. The summed E-state index contributed by atoms with van der Waals surface area (Å²) in [6, 6.07) is 29.5. The lowest BCUT2D eigenvalue weighted by atomic mass is 10.0. The molecular formula is C31H28N2O2. The minimum Gasteiger partial charge on any atom is -0.311 e. The summed E-state index contributed by atoms with van der Waals surface area (Å²) in [5.74, 6) is -0.122. The number of hydrogen-bond donors (Lipinski definition) is 0. The van der Waals surface area contributed by atoms with Crippen LogP contribution in [0.15, 0.2) is 91.0 Å². The zero-order valence-corrected chi connectivity index (χ0v) is 20.3. The molecule has 4 aromatic carbocycles. The average Bonchev–Trinajstić information content (AvgIpc) is 3.04. The number of rotatable bonds is 3. The molecule has 5 rings (SSSR count). The number of anilines is 2. The maximum atomic E-state index is 13.7. The predicted octanol–water partition coefficient (Wildman–Crippen LogP) is 6.33. The fourth-order valence-electron chi connectivity index (χ4n) is 4.78. The van der Waals surface area contributed by atoms with Crippen LogP contribution in [0.1, 0.15) is 48.5 Å². The fraction of sp³-hybridized carbons (Fsp3) is 0.161. The quantitative estimate of drug-likeness (QED) is 0.358. The molecule has 174 valence electrons. The number of amides is 2. The lowest BCUT2D eigenvalue weighted by molar-refractivity contribution is 0.0981. The Hall–Kier alpha value is -4.18. The largest absolute Gasteiger partial charge is 0.311 e. The Morgan fingerprint density at radius 3 is 2.14 bits per heavy atom. The van der Waals surface area contributed by atoms with Gasteiger partial charge < -0.3 is 9.80 Å². The molecule has 0 saturated carbocycles. The first-order valence-electron chi connectivity index (χ1n) is 11.8. The second-order valence-electron chi connectivity index (χ2n) is 9.19. The van der Waals surface area contributed by atoms with Crippen molar-refractivity contribution in [1.29, 1.82) is 0 Å². The molecular weight excluding hydrogens is 432 g/mol. The topological polar surface area (TPSA) is 40.6 Å². The zero-order chi connectivity index (χ0) is 24.5. The molecule has 4 nitrogen and oxygen atoms in total. The maximum absolute atomic E-state index is 13.7. The van der Waals surface area contributed by atoms with Crippen LogP contribution >= 0.6 is 0 Å². The Bertz CT molecular complexity index is 1420. The molecule has 1 heterocycles. The van der Waals surface area contributed by atoms with E-state index in [0.717, 1.165) is 40.0 Å². The number of hydrogen-bond acceptors (Lipinski definition) is 2. The predicted molar refractivity (Wildman–Crippen MR) is 141 cm³/mol. The van der Waals surface area contributed by atoms with Crippen LogP contribution in [0.2, 0.25) is 0 Å². The molecule has 0 aliphatic carbocycles. The molecule has 2 amide bonds. The lowest BCUT2D eigenvalue weighted by Crippen LogP contribution is -2.31. The second-order valence-corrected chi connectivity index (χ2v) is 9.19. The van der Waals surface area contributed by atoms with Gasteiger partial charge in [0.25, 0.3) is 11.8 Å². The van der Waals surface area contributed by atoms with Crippen LogP contribution in [0.3, 0.4) is 0 Å². The Labute approximate surface area is 206 Å². The summed E-state index contributed by atoms with van der Waals surface area (Å²) in [6.07, 6.45) is 0.806. The van der Waals surface area contributed by atoms with Gasteiger partial charge in [-0.25, -0.2) is 0 Å². The van der Waals surface area contributed by atoms with E-state index in [4.69, 9.17) is 0 Å². The fourth-order valence-corrected chi connectivity index (χ4v) is 4.78. The van der Waals surface area contributed by atoms with Crippen molar-refractivity contribution in [2.45, 2.75) is 26.8 Å². The summed E-state index contributed by atoms with van der Waals surface area (Å²) in [6.45, 7) is 4.49. The monoisotopic (exact) mass is 460 g/mol. The first kappa shape index (κ1) is 22.6. The van der Waals surface area contributed by atoms with Crippen molar-refractivity contribution in [1.82, 2.24) is 0 Å². The number of aryl methyl sites for hydroxylation is 2. The van der Waals surface area contributed by atoms with Gasteiger partial charge in [-0.3, -0.25) is 9.59 Å². The van der Waals surface area contributed by atoms with E-state index in [0.29, 0.717) is 17.7 Å². The van der Waals surface area contributed by atoms with E-state index in [2.05, 4.69) is 18.2 Å². The molecule has 0 bridgehead atoms. The van der Waals surface area contributed by atoms with Gasteiger partial charge in [0.15, 0.2) is 0 Å². The van der Waals surface area contributed by atoms with E-state index in [9.17, 15) is 9.59 Å². The average molecular weight is 461 g/mol. The van der Waals surface area contributed by atoms with E-state index in [-0.39, 0.29) is 11.8 Å². The van der Waals surface area contributed by atoms with Gasteiger partial charge in [0, 0.05) is 29.5 Å². The first-order valence-corrected chi connectivity index (χ1v) is 11.8. The van der Waals surface area contributed by atoms with E-state index < -0.39 is 0 Å². The Kier molecular flexibility index (Phi) is 5.96. The van der Waals surface area contributed by atoms with Crippen LogP contribution in [0.25, 0.3) is 0 Å². The SMILES string of the molecule is Cc1ccc(C(=O)N(C)c2ccc(C(=O)N3Cc4ccccc4Cc4ccccc43)cc2)c(C)c1. The molecule has 35 heavy (non-hydrogen) atoms. The number of para-hydroxylation sites is 1. The third-order valence-corrected chi connectivity index (χ3v) is 6.77. The molecule has 0 atom stereocenters. The van der Waals surface area contributed by atoms with E-state index in [1.807, 2.05) is 91.5 Å². The van der Waals surface area contributed by atoms with Crippen LogP contribution in [-0.2, 0) is 13.0 Å². The molecule has 0 fully saturated rings. The molecule has 4 aromatic rings. The molecule has 0 aromatic heterocycles. The highest BCUT2D eigenvalue weighted by Gasteiger charge is 2.25. The van der Waals surface area contributed by atoms with Crippen molar-refractivity contribution < 1.29 is 9.59 Å². The van der Waals surface area contributed by atoms with Crippen molar-refractivity contribution in [3.8, 4) is 0 Å². The van der Waals surface area contributed by atoms with Gasteiger partial charge >= 0.3 is 0 Å². The Morgan fingerprint density at radius 2 is 1.43 bits per heavy atom. The molecule has 1 aliphatic rings. The number of benzene rings is 4. The summed E-state index contributed by atoms with van der Waals surface area (Å²) in [5.41, 5.74) is 8.59. The highest BCUT2D eigenvalue weighted by atomic mass is 16.2. The van der Waals surface area contributed by atoms with Gasteiger partial charge in [-0.2, -0.15) is 0 Å². The molecule has 0 spiro atoms. The van der Waals surface area contributed by atoms with Crippen molar-refractivity contribution >= 4 is 23.2 Å². The van der Waals surface area contributed by atoms with E-state index in [1.165, 1.54) is 5.56 Å². The van der Waals surface area contributed by atoms with Crippen LogP contribution < -0.4 is 9.80 Å². The minimum absolute atomic E-state index is 0.0518. The molecule has 0 unspecified atom stereocenters. The summed E-state index contributed by atoms with van der Waals surface area (Å²) in [4.78, 5) is 30.3. The minimum atomic E-state index is -0.0698. The van der Waals surface area contributed by atoms with E-state index in [1.54, 1.807) is 11.9 Å². The summed E-state index contributed by atoms with van der Waals surface area (Å²) in [5, 5.41) is 0. The molecule has 0 radical (unpaired) electrons. The maximum Gasteiger partial charge on any atom is 0.258 e. The van der Waals surface area contributed by atoms with Crippen molar-refractivity contribution in [2.75, 3.05) is 16.8 Å². The molecule has 0 N–H and O–H groups in total. The van der Waals surface area contributed by atoms with Gasteiger partial charge in [0.05, 0.1) is 6.54 Å². The molecule has 4 heteroatoms. The summed E-state index contributed by atoms with van der Waals surface area (Å²) >= 11 is 0. The normalized spacial score (nSPS) is 12.4. The third-order valence-electron chi connectivity index (χ3n) is 6.77. The smallest absolute Gasteiger partial charge is 0.258 e. The van der Waals surface area contributed by atoms with Gasteiger partial charge in [-0.05, 0) is 78.9 Å². The van der Waals surface area contributed by atoms with Gasteiger partial charge in [-0.1, -0.05) is 60.2 Å². The van der Waals surface area contributed by atoms with Crippen LogP contribution in [0.5, 0.6) is 0 Å². The molecule has 1 aliphatic heterocycles. The first-order chi connectivity index (χ1) is 16.9. The van der Waals surface area contributed by atoms with Gasteiger partial charge in [0.2, 0.25) is 0 Å². The van der Waals surface area contributed by atoms with Crippen LogP contribution in [0.4, 0.5) is 11.4 Å². The highest BCUT2D eigenvalue weighted by Crippen LogP contribution is 2.32. The summed E-state index contributed by atoms with van der Waals surface area (Å²) < 4.78 is 0. The standard InChI is InChI=1S/C31H28N2O2/c1-21-12-17-28(22(2)18-21)31(35)32(3)27-15-13-23(14-16-27)30(34)33-20-26-10-5-4-8-24(26)19-25-9-6-7-11-29(25)33/h4-18H,19-20H2,1-3H3. The third kappa shape index (κ3) is 4.35. The lowest BCUT2D eigenvalue weighted by Gasteiger charge is -2.24. The highest BCUT2D eigenvalue weighted by molar-refractivity contribution is 6.08. The second kappa shape index (κ2) is 9.22. The Balaban J connectivity index is 1.42. The molecule has 0 saturated heterocycles. The van der Waals surface area contributed by atoms with Gasteiger partial charge in [0.1, 0.15) is 0 Å². The Morgan fingerprint density at radius 1 is 0.771 bits per heavy atom. The van der Waals surface area contributed by atoms with Crippen LogP contribution in [-0.4, -0.2) is 18.9 Å². The number of nitrogens with zero attached hydrogens (tertiary/aromatic N) is 2. The summed E-state index contributed by atoms with van der Waals surface area (Å²) in [7, 11) is 1.76. The van der Waals surface area contributed by atoms with Crippen molar-refractivity contribution in [2.24, 2.45) is 0 Å². The van der Waals surface area contributed by atoms with Gasteiger partial charge in [-0.15, -0.1) is 0 Å². The number of fused-ring (bicyclic) bond motifs is 2. The number of carbonyl (C=O) groups excluding carboxylic acids is 2. The van der Waals surface area contributed by atoms with Crippen molar-refractivity contribution in [3.05, 3.63) is 130 Å². The number of carbonyl (C=O) groups is 2. The van der Waals surface area contributed by atoms with Crippen LogP contribution in [0, 0.1) is 13.8 Å². The van der Waals surface area contributed by atoms with Crippen molar-refractivity contribution in [3.63, 3.8) is 0 Å². The van der Waals surface area contributed by atoms with E-state index >= 15 is 0 Å².